The molecule has 2 saturated heterocycles. The molecule has 0 aromatic heterocycles. The van der Waals surface area contributed by atoms with Crippen molar-refractivity contribution in [3.8, 4) is 0 Å². The van der Waals surface area contributed by atoms with E-state index in [1.807, 2.05) is 0 Å². The zero-order valence-electron chi connectivity index (χ0n) is 14.3. The second-order valence-electron chi connectivity index (χ2n) is 8.47. The molecule has 0 aliphatic carbocycles. The van der Waals surface area contributed by atoms with E-state index in [-0.39, 0.29) is 0 Å². The fraction of sp³-hybridized carbons (Fsp3) is 1.00. The van der Waals surface area contributed by atoms with Crippen LogP contribution < -0.4 is 5.32 Å². The van der Waals surface area contributed by atoms with Crippen molar-refractivity contribution in [2.75, 3.05) is 45.8 Å². The van der Waals surface area contributed by atoms with Crippen molar-refractivity contribution in [3.63, 3.8) is 0 Å². The molecule has 3 nitrogen and oxygen atoms in total. The number of piperidine rings is 1. The summed E-state index contributed by atoms with van der Waals surface area (Å²) in [5.74, 6) is 0.844. The maximum Gasteiger partial charge on any atom is 0.0126 e. The highest BCUT2D eigenvalue weighted by atomic mass is 15.3. The molecule has 0 radical (unpaired) electrons. The molecule has 0 spiro atoms. The van der Waals surface area contributed by atoms with Gasteiger partial charge in [-0.3, -0.25) is 4.90 Å². The van der Waals surface area contributed by atoms with E-state index in [1.54, 1.807) is 0 Å². The van der Waals surface area contributed by atoms with Gasteiger partial charge in [-0.2, -0.15) is 0 Å². The zero-order chi connectivity index (χ0) is 14.8. The summed E-state index contributed by atoms with van der Waals surface area (Å²) in [5.41, 5.74) is 0.770. The minimum Gasteiger partial charge on any atom is -0.316 e. The first kappa shape index (κ1) is 16.3. The van der Waals surface area contributed by atoms with E-state index in [0.717, 1.165) is 5.92 Å². The van der Waals surface area contributed by atoms with E-state index in [2.05, 4.69) is 49.7 Å². The smallest absolute Gasteiger partial charge is 0.0126 e. The summed E-state index contributed by atoms with van der Waals surface area (Å²) in [6.07, 6.45) is 2.76. The Morgan fingerprint density at radius 2 is 1.65 bits per heavy atom. The average molecular weight is 281 g/mol. The normalized spacial score (nSPS) is 27.8. The maximum absolute atomic E-state index is 3.58. The van der Waals surface area contributed by atoms with Gasteiger partial charge >= 0.3 is 0 Å². The highest BCUT2D eigenvalue weighted by Gasteiger charge is 2.34. The van der Waals surface area contributed by atoms with Gasteiger partial charge in [0.05, 0.1) is 0 Å². The third kappa shape index (κ3) is 4.19. The van der Waals surface area contributed by atoms with Gasteiger partial charge in [-0.25, -0.2) is 0 Å². The number of hydrogen-bond acceptors (Lipinski definition) is 3. The first-order valence-corrected chi connectivity index (χ1v) is 8.47. The van der Waals surface area contributed by atoms with Crippen LogP contribution in [0.1, 0.15) is 47.5 Å². The predicted molar refractivity (Wildman–Crippen MR) is 87.1 cm³/mol. The van der Waals surface area contributed by atoms with Gasteiger partial charge in [-0.1, -0.05) is 13.8 Å². The quantitative estimate of drug-likeness (QED) is 0.857. The largest absolute Gasteiger partial charge is 0.316 e. The molecule has 2 aliphatic heterocycles. The molecule has 0 aromatic carbocycles. The number of piperazine rings is 1. The highest BCUT2D eigenvalue weighted by Crippen LogP contribution is 2.33. The van der Waals surface area contributed by atoms with Crippen LogP contribution in [0.3, 0.4) is 0 Å². The summed E-state index contributed by atoms with van der Waals surface area (Å²) in [6.45, 7) is 20.6. The molecule has 0 aromatic rings. The standard InChI is InChI=1S/C17H35N3/c1-16(2,3)20-11-9-19(10-12-20)14-17(4,5)15-7-6-8-18-13-15/h15,18H,6-14H2,1-5H3. The van der Waals surface area contributed by atoms with Gasteiger partial charge in [-0.05, 0) is 58.0 Å². The van der Waals surface area contributed by atoms with E-state index in [1.165, 1.54) is 58.7 Å². The Morgan fingerprint density at radius 3 is 2.15 bits per heavy atom. The Balaban J connectivity index is 1.82. The molecule has 0 amide bonds. The lowest BCUT2D eigenvalue weighted by molar-refractivity contribution is 0.0292. The van der Waals surface area contributed by atoms with Crippen LogP contribution in [0, 0.1) is 11.3 Å². The monoisotopic (exact) mass is 281 g/mol. The molecule has 1 unspecified atom stereocenters. The summed E-state index contributed by atoms with van der Waals surface area (Å²) in [4.78, 5) is 5.31. The van der Waals surface area contributed by atoms with Crippen molar-refractivity contribution < 1.29 is 0 Å². The molecule has 2 aliphatic rings. The molecule has 1 N–H and O–H groups in total. The molecule has 0 bridgehead atoms. The number of rotatable bonds is 3. The fourth-order valence-corrected chi connectivity index (χ4v) is 3.80. The minimum absolute atomic E-state index is 0.328. The van der Waals surface area contributed by atoms with Crippen molar-refractivity contribution in [2.45, 2.75) is 53.0 Å². The molecule has 3 heteroatoms. The predicted octanol–water partition coefficient (Wildman–Crippen LogP) is 2.43. The number of nitrogens with one attached hydrogen (secondary N) is 1. The summed E-state index contributed by atoms with van der Waals surface area (Å²) in [7, 11) is 0. The summed E-state index contributed by atoms with van der Waals surface area (Å²) < 4.78 is 0. The second-order valence-corrected chi connectivity index (χ2v) is 8.47. The third-order valence-corrected chi connectivity index (χ3v) is 5.35. The molecular formula is C17H35N3. The van der Waals surface area contributed by atoms with Crippen LogP contribution in [0.4, 0.5) is 0 Å². The van der Waals surface area contributed by atoms with Crippen LogP contribution in [0.25, 0.3) is 0 Å². The Labute approximate surface area is 126 Å². The van der Waals surface area contributed by atoms with E-state index < -0.39 is 0 Å². The van der Waals surface area contributed by atoms with Crippen molar-refractivity contribution in [2.24, 2.45) is 11.3 Å². The lowest BCUT2D eigenvalue weighted by Crippen LogP contribution is -2.55. The molecule has 1 atom stereocenters. The molecular weight excluding hydrogens is 246 g/mol. The van der Waals surface area contributed by atoms with Gasteiger partial charge in [0.2, 0.25) is 0 Å². The molecule has 2 rings (SSSR count). The molecule has 2 heterocycles. The van der Waals surface area contributed by atoms with Crippen LogP contribution >= 0.6 is 0 Å². The van der Waals surface area contributed by atoms with Gasteiger partial charge in [0, 0.05) is 38.3 Å². The van der Waals surface area contributed by atoms with Gasteiger partial charge in [0.25, 0.3) is 0 Å². The van der Waals surface area contributed by atoms with Crippen LogP contribution in [-0.2, 0) is 0 Å². The van der Waals surface area contributed by atoms with Crippen molar-refractivity contribution in [1.82, 2.24) is 15.1 Å². The first-order chi connectivity index (χ1) is 9.29. The van der Waals surface area contributed by atoms with Gasteiger partial charge in [0.15, 0.2) is 0 Å². The Hall–Kier alpha value is -0.120. The molecule has 2 fully saturated rings. The van der Waals surface area contributed by atoms with Crippen molar-refractivity contribution >= 4 is 0 Å². The summed E-state index contributed by atoms with van der Waals surface area (Å²) >= 11 is 0. The Bertz CT molecular complexity index is 292. The average Bonchev–Trinajstić information content (AvgIpc) is 2.39. The SMILES string of the molecule is CC(C)(CN1CCN(C(C)(C)C)CC1)C1CCCNC1. The van der Waals surface area contributed by atoms with Crippen molar-refractivity contribution in [1.29, 1.82) is 0 Å². The molecule has 118 valence electrons. The van der Waals surface area contributed by atoms with E-state index >= 15 is 0 Å². The van der Waals surface area contributed by atoms with E-state index in [4.69, 9.17) is 0 Å². The lowest BCUT2D eigenvalue weighted by Gasteiger charge is -2.46. The van der Waals surface area contributed by atoms with E-state index in [9.17, 15) is 0 Å². The molecule has 0 saturated carbocycles. The Morgan fingerprint density at radius 1 is 1.00 bits per heavy atom. The van der Waals surface area contributed by atoms with Gasteiger partial charge in [-0.15, -0.1) is 0 Å². The topological polar surface area (TPSA) is 18.5 Å². The van der Waals surface area contributed by atoms with Gasteiger partial charge < -0.3 is 10.2 Å². The number of hydrogen-bond donors (Lipinski definition) is 1. The third-order valence-electron chi connectivity index (χ3n) is 5.35. The molecule has 20 heavy (non-hydrogen) atoms. The minimum atomic E-state index is 0.328. The fourth-order valence-electron chi connectivity index (χ4n) is 3.80. The maximum atomic E-state index is 3.58. The summed E-state index contributed by atoms with van der Waals surface area (Å²) in [5, 5.41) is 3.58. The Kier molecular flexibility index (Phi) is 5.14. The summed E-state index contributed by atoms with van der Waals surface area (Å²) in [6, 6.07) is 0. The lowest BCUT2D eigenvalue weighted by atomic mass is 9.74. The zero-order valence-corrected chi connectivity index (χ0v) is 14.3. The van der Waals surface area contributed by atoms with Crippen LogP contribution in [0.15, 0.2) is 0 Å². The number of nitrogens with zero attached hydrogens (tertiary/aromatic N) is 2. The van der Waals surface area contributed by atoms with Crippen molar-refractivity contribution in [3.05, 3.63) is 0 Å². The second kappa shape index (κ2) is 6.33. The van der Waals surface area contributed by atoms with Gasteiger partial charge in [0.1, 0.15) is 0 Å². The van der Waals surface area contributed by atoms with Crippen LogP contribution in [0.2, 0.25) is 0 Å². The van der Waals surface area contributed by atoms with E-state index in [0.29, 0.717) is 11.0 Å². The van der Waals surface area contributed by atoms with Crippen LogP contribution in [-0.4, -0.2) is 61.2 Å². The first-order valence-electron chi connectivity index (χ1n) is 8.47. The highest BCUT2D eigenvalue weighted by molar-refractivity contribution is 4.88. The van der Waals surface area contributed by atoms with Crippen LogP contribution in [0.5, 0.6) is 0 Å².